The molecule has 0 radical (unpaired) electrons. The van der Waals surface area contributed by atoms with Gasteiger partial charge in [0.2, 0.25) is 6.29 Å². The van der Waals surface area contributed by atoms with Gasteiger partial charge in [-0.2, -0.15) is 0 Å². The zero-order valence-corrected chi connectivity index (χ0v) is 9.84. The largest absolute Gasteiger partial charge is 0.432 e. The minimum Gasteiger partial charge on any atom is -0.432 e. The third kappa shape index (κ3) is 3.67. The van der Waals surface area contributed by atoms with Crippen LogP contribution < -0.4 is 0 Å². The predicted octanol–water partition coefficient (Wildman–Crippen LogP) is 2.80. The summed E-state index contributed by atoms with van der Waals surface area (Å²) in [5.41, 5.74) is 1.86. The van der Waals surface area contributed by atoms with Gasteiger partial charge in [0.1, 0.15) is 0 Å². The third-order valence-corrected chi connectivity index (χ3v) is 2.75. The Balaban J connectivity index is 2.41. The van der Waals surface area contributed by atoms with Crippen molar-refractivity contribution in [3.63, 3.8) is 0 Å². The summed E-state index contributed by atoms with van der Waals surface area (Å²) >= 11 is 0. The van der Waals surface area contributed by atoms with Crippen molar-refractivity contribution in [3.8, 4) is 0 Å². The van der Waals surface area contributed by atoms with E-state index in [-0.39, 0.29) is 12.3 Å². The molecule has 0 aliphatic carbocycles. The van der Waals surface area contributed by atoms with Crippen molar-refractivity contribution in [2.75, 3.05) is 6.61 Å². The Morgan fingerprint density at radius 1 is 1.47 bits per heavy atom. The fourth-order valence-corrected chi connectivity index (χ4v) is 1.32. The van der Waals surface area contributed by atoms with Crippen LogP contribution in [0, 0.1) is 0 Å². The van der Waals surface area contributed by atoms with Gasteiger partial charge in [0, 0.05) is 12.0 Å². The summed E-state index contributed by atoms with van der Waals surface area (Å²) in [7, 11) is 0. The summed E-state index contributed by atoms with van der Waals surface area (Å²) in [6, 6.07) is 0. The van der Waals surface area contributed by atoms with E-state index in [1.165, 1.54) is 0 Å². The Morgan fingerprint density at radius 3 is 2.60 bits per heavy atom. The second kappa shape index (κ2) is 5.91. The zero-order chi connectivity index (χ0) is 11.3. The van der Waals surface area contributed by atoms with Crippen molar-refractivity contribution < 1.29 is 14.3 Å². The number of hydrogen-bond acceptors (Lipinski definition) is 3. The minimum atomic E-state index is -0.300. The molecule has 0 saturated carbocycles. The molecular formula is C12H20O3. The van der Waals surface area contributed by atoms with Crippen LogP contribution in [0.15, 0.2) is 11.1 Å². The lowest BCUT2D eigenvalue weighted by atomic mass is 10.1. The van der Waals surface area contributed by atoms with E-state index in [4.69, 9.17) is 9.47 Å². The van der Waals surface area contributed by atoms with Crippen molar-refractivity contribution in [3.05, 3.63) is 11.1 Å². The monoisotopic (exact) mass is 212 g/mol. The van der Waals surface area contributed by atoms with E-state index in [0.29, 0.717) is 6.61 Å². The molecule has 1 aliphatic heterocycles. The average Bonchev–Trinajstić information content (AvgIpc) is 2.18. The number of ether oxygens (including phenoxy) is 2. The molecule has 0 spiro atoms. The van der Waals surface area contributed by atoms with E-state index < -0.39 is 0 Å². The Morgan fingerprint density at radius 2 is 2.13 bits per heavy atom. The van der Waals surface area contributed by atoms with Gasteiger partial charge in [0.25, 0.3) is 0 Å². The molecule has 0 aromatic heterocycles. The van der Waals surface area contributed by atoms with E-state index in [1.807, 2.05) is 13.8 Å². The summed E-state index contributed by atoms with van der Waals surface area (Å²) in [4.78, 5) is 11.6. The van der Waals surface area contributed by atoms with E-state index >= 15 is 0 Å². The van der Waals surface area contributed by atoms with E-state index in [1.54, 1.807) is 0 Å². The molecule has 1 saturated heterocycles. The van der Waals surface area contributed by atoms with Gasteiger partial charge in [0.15, 0.2) is 0 Å². The predicted molar refractivity (Wildman–Crippen MR) is 58.3 cm³/mol. The smallest absolute Gasteiger partial charge is 0.335 e. The van der Waals surface area contributed by atoms with E-state index in [0.717, 1.165) is 36.8 Å². The lowest BCUT2D eigenvalue weighted by Gasteiger charge is -2.26. The Kier molecular flexibility index (Phi) is 4.82. The molecule has 3 heteroatoms. The molecule has 0 amide bonds. The Bertz CT molecular complexity index is 252. The van der Waals surface area contributed by atoms with Crippen molar-refractivity contribution in [2.45, 2.75) is 52.7 Å². The maximum Gasteiger partial charge on any atom is 0.335 e. The first kappa shape index (κ1) is 12.2. The van der Waals surface area contributed by atoms with E-state index in [2.05, 4.69) is 6.92 Å². The first-order valence-electron chi connectivity index (χ1n) is 5.64. The van der Waals surface area contributed by atoms with Gasteiger partial charge in [-0.1, -0.05) is 18.9 Å². The summed E-state index contributed by atoms with van der Waals surface area (Å²) in [5.74, 6) is -0.228. The zero-order valence-electron chi connectivity index (χ0n) is 9.84. The van der Waals surface area contributed by atoms with Crippen LogP contribution in [0.2, 0.25) is 0 Å². The van der Waals surface area contributed by atoms with Crippen LogP contribution in [0.4, 0.5) is 0 Å². The molecule has 1 atom stereocenters. The number of carbonyl (C=O) groups excluding carboxylic acids is 1. The van der Waals surface area contributed by atoms with Gasteiger partial charge in [-0.25, -0.2) is 4.79 Å². The highest BCUT2D eigenvalue weighted by atomic mass is 16.7. The standard InChI is InChI=1S/C12H20O3/c1-4-5-6-9(2)10(3)12(13)15-11-7-8-14-11/h11H,4-8H2,1-3H3. The van der Waals surface area contributed by atoms with Crippen molar-refractivity contribution in [1.82, 2.24) is 0 Å². The molecule has 0 aromatic carbocycles. The second-order valence-electron chi connectivity index (χ2n) is 4.00. The lowest BCUT2D eigenvalue weighted by Crippen LogP contribution is -2.32. The molecule has 1 rings (SSSR count). The molecule has 1 fully saturated rings. The highest BCUT2D eigenvalue weighted by Gasteiger charge is 2.23. The van der Waals surface area contributed by atoms with Gasteiger partial charge in [-0.05, 0) is 26.7 Å². The molecule has 0 bridgehead atoms. The molecular weight excluding hydrogens is 192 g/mol. The van der Waals surface area contributed by atoms with Crippen LogP contribution in [0.5, 0.6) is 0 Å². The third-order valence-electron chi connectivity index (χ3n) is 2.75. The molecule has 0 aromatic rings. The van der Waals surface area contributed by atoms with Crippen molar-refractivity contribution >= 4 is 5.97 Å². The quantitative estimate of drug-likeness (QED) is 0.519. The minimum absolute atomic E-state index is 0.228. The summed E-state index contributed by atoms with van der Waals surface area (Å²) in [6.07, 6.45) is 3.77. The van der Waals surface area contributed by atoms with E-state index in [9.17, 15) is 4.79 Å². The summed E-state index contributed by atoms with van der Waals surface area (Å²) in [6.45, 7) is 6.67. The molecule has 1 heterocycles. The Hall–Kier alpha value is -0.830. The van der Waals surface area contributed by atoms with Crippen LogP contribution in [0.25, 0.3) is 0 Å². The van der Waals surface area contributed by atoms with Gasteiger partial charge >= 0.3 is 5.97 Å². The molecule has 86 valence electrons. The molecule has 3 nitrogen and oxygen atoms in total. The Labute approximate surface area is 91.4 Å². The van der Waals surface area contributed by atoms with Gasteiger partial charge < -0.3 is 9.47 Å². The fourth-order valence-electron chi connectivity index (χ4n) is 1.32. The first-order valence-corrected chi connectivity index (χ1v) is 5.64. The second-order valence-corrected chi connectivity index (χ2v) is 4.00. The number of hydrogen-bond donors (Lipinski definition) is 0. The number of esters is 1. The van der Waals surface area contributed by atoms with Crippen LogP contribution in [-0.2, 0) is 14.3 Å². The van der Waals surface area contributed by atoms with Gasteiger partial charge in [-0.3, -0.25) is 0 Å². The maximum atomic E-state index is 11.6. The summed E-state index contributed by atoms with van der Waals surface area (Å²) in [5, 5.41) is 0. The van der Waals surface area contributed by atoms with Crippen LogP contribution in [0.1, 0.15) is 46.5 Å². The highest BCUT2D eigenvalue weighted by Crippen LogP contribution is 2.17. The average molecular weight is 212 g/mol. The fraction of sp³-hybridized carbons (Fsp3) is 0.750. The molecule has 1 unspecified atom stereocenters. The van der Waals surface area contributed by atoms with Crippen LogP contribution in [0.3, 0.4) is 0 Å². The first-order chi connectivity index (χ1) is 7.15. The van der Waals surface area contributed by atoms with Crippen molar-refractivity contribution in [1.29, 1.82) is 0 Å². The number of allylic oxidation sites excluding steroid dienone is 1. The summed E-state index contributed by atoms with van der Waals surface area (Å²) < 4.78 is 10.2. The highest BCUT2D eigenvalue weighted by molar-refractivity contribution is 5.88. The SMILES string of the molecule is CCCCC(C)=C(C)C(=O)OC1CCO1. The normalized spacial score (nSPS) is 21.7. The molecule has 1 aliphatic rings. The van der Waals surface area contributed by atoms with Crippen LogP contribution in [-0.4, -0.2) is 18.9 Å². The number of carbonyl (C=O) groups is 1. The van der Waals surface area contributed by atoms with Crippen molar-refractivity contribution in [2.24, 2.45) is 0 Å². The number of unbranched alkanes of at least 4 members (excludes halogenated alkanes) is 1. The lowest BCUT2D eigenvalue weighted by molar-refractivity contribution is -0.213. The molecule has 15 heavy (non-hydrogen) atoms. The van der Waals surface area contributed by atoms with Crippen LogP contribution >= 0.6 is 0 Å². The van der Waals surface area contributed by atoms with Gasteiger partial charge in [0.05, 0.1) is 6.61 Å². The topological polar surface area (TPSA) is 35.5 Å². The molecule has 0 N–H and O–H groups in total. The number of rotatable bonds is 5. The van der Waals surface area contributed by atoms with Gasteiger partial charge in [-0.15, -0.1) is 0 Å². The maximum absolute atomic E-state index is 11.6.